The fraction of sp³-hybridized carbons (Fsp3) is 0.238. The summed E-state index contributed by atoms with van der Waals surface area (Å²) in [6.07, 6.45) is 0. The van der Waals surface area contributed by atoms with E-state index in [0.29, 0.717) is 11.1 Å². The van der Waals surface area contributed by atoms with Crippen LogP contribution in [0.3, 0.4) is 0 Å². The molecule has 6 nitrogen and oxygen atoms in total. The van der Waals surface area contributed by atoms with Gasteiger partial charge in [0, 0.05) is 31.7 Å². The van der Waals surface area contributed by atoms with Gasteiger partial charge in [-0.3, -0.25) is 9.78 Å². The lowest BCUT2D eigenvalue weighted by Crippen LogP contribution is -2.27. The zero-order valence-electron chi connectivity index (χ0n) is 16.4. The zero-order chi connectivity index (χ0) is 20.5. The van der Waals surface area contributed by atoms with E-state index in [0.717, 1.165) is 26.5 Å². The Hall–Kier alpha value is -2.77. The number of amides is 1. The molecule has 0 fully saturated rings. The number of aryl methyl sites for hydroxylation is 2. The van der Waals surface area contributed by atoms with Crippen LogP contribution < -0.4 is 5.32 Å². The summed E-state index contributed by atoms with van der Waals surface area (Å²) in [5.41, 5.74) is 3.60. The smallest absolute Gasteiger partial charge is 0.252 e. The number of rotatable bonds is 5. The van der Waals surface area contributed by atoms with E-state index in [1.807, 2.05) is 32.0 Å². The van der Waals surface area contributed by atoms with Crippen LogP contribution in [0, 0.1) is 13.8 Å². The number of pyridine rings is 1. The highest BCUT2D eigenvalue weighted by atomic mass is 32.2. The third-order valence-corrected chi connectivity index (χ3v) is 6.42. The number of carbonyl (C=O) groups is 1. The van der Waals surface area contributed by atoms with Crippen LogP contribution in [0.25, 0.3) is 10.9 Å². The van der Waals surface area contributed by atoms with Crippen molar-refractivity contribution in [3.8, 4) is 0 Å². The minimum atomic E-state index is -3.60. The number of carbonyl (C=O) groups excluding carboxylic acids is 1. The van der Waals surface area contributed by atoms with Gasteiger partial charge in [-0.2, -0.15) is 0 Å². The molecule has 0 saturated heterocycles. The predicted molar refractivity (Wildman–Crippen MR) is 110 cm³/mol. The molecular formula is C21H23N3O3S. The van der Waals surface area contributed by atoms with E-state index in [2.05, 4.69) is 10.3 Å². The number of nitrogens with one attached hydrogen (secondary N) is 1. The normalized spacial score (nSPS) is 11.8. The van der Waals surface area contributed by atoms with E-state index in [1.165, 1.54) is 14.1 Å². The third-order valence-electron chi connectivity index (χ3n) is 4.51. The lowest BCUT2D eigenvalue weighted by atomic mass is 10.0. The molecule has 0 unspecified atom stereocenters. The molecule has 1 amide bonds. The Bertz CT molecular complexity index is 1150. The quantitative estimate of drug-likeness (QED) is 0.718. The Morgan fingerprint density at radius 2 is 1.79 bits per heavy atom. The van der Waals surface area contributed by atoms with Crippen LogP contribution in [0.2, 0.25) is 0 Å². The van der Waals surface area contributed by atoms with Crippen LogP contribution in [-0.2, 0) is 16.6 Å². The molecule has 28 heavy (non-hydrogen) atoms. The topological polar surface area (TPSA) is 79.4 Å². The molecular weight excluding hydrogens is 374 g/mol. The summed E-state index contributed by atoms with van der Waals surface area (Å²) in [7, 11) is -0.625. The summed E-state index contributed by atoms with van der Waals surface area (Å²) < 4.78 is 26.2. The minimum Gasteiger partial charge on any atom is -0.348 e. The molecule has 7 heteroatoms. The molecule has 146 valence electrons. The van der Waals surface area contributed by atoms with Crippen molar-refractivity contribution in [1.82, 2.24) is 14.6 Å². The maximum atomic E-state index is 12.9. The molecule has 0 atom stereocenters. The second-order valence-corrected chi connectivity index (χ2v) is 9.03. The molecule has 1 heterocycles. The number of hydrogen-bond donors (Lipinski definition) is 1. The van der Waals surface area contributed by atoms with Crippen molar-refractivity contribution < 1.29 is 13.2 Å². The van der Waals surface area contributed by atoms with Gasteiger partial charge >= 0.3 is 0 Å². The number of nitrogens with zero attached hydrogens (tertiary/aromatic N) is 2. The second-order valence-electron chi connectivity index (χ2n) is 6.91. The first-order valence-corrected chi connectivity index (χ1v) is 10.3. The van der Waals surface area contributed by atoms with Crippen molar-refractivity contribution in [2.45, 2.75) is 25.3 Å². The average molecular weight is 398 g/mol. The van der Waals surface area contributed by atoms with Gasteiger partial charge in [-0.1, -0.05) is 29.8 Å². The lowest BCUT2D eigenvalue weighted by Gasteiger charge is -2.16. The van der Waals surface area contributed by atoms with Crippen molar-refractivity contribution in [3.63, 3.8) is 0 Å². The molecule has 0 aliphatic heterocycles. The summed E-state index contributed by atoms with van der Waals surface area (Å²) in [4.78, 5) is 17.6. The Kier molecular flexibility index (Phi) is 5.49. The maximum absolute atomic E-state index is 12.9. The largest absolute Gasteiger partial charge is 0.348 e. The van der Waals surface area contributed by atoms with E-state index < -0.39 is 10.0 Å². The van der Waals surface area contributed by atoms with Crippen molar-refractivity contribution in [3.05, 3.63) is 70.9 Å². The number of benzene rings is 2. The minimum absolute atomic E-state index is 0.108. The molecule has 3 rings (SSSR count). The van der Waals surface area contributed by atoms with Gasteiger partial charge in [-0.25, -0.2) is 12.7 Å². The van der Waals surface area contributed by atoms with Crippen LogP contribution in [0.1, 0.15) is 27.2 Å². The summed E-state index contributed by atoms with van der Waals surface area (Å²) in [5.74, 6) is -0.266. The van der Waals surface area contributed by atoms with Crippen LogP contribution in [0.15, 0.2) is 53.4 Å². The molecule has 0 spiro atoms. The summed E-state index contributed by atoms with van der Waals surface area (Å²) in [6, 6.07) is 14.2. The van der Waals surface area contributed by atoms with Gasteiger partial charge in [0.25, 0.3) is 5.91 Å². The van der Waals surface area contributed by atoms with Crippen LogP contribution in [0.5, 0.6) is 0 Å². The second kappa shape index (κ2) is 7.69. The Labute approximate surface area is 165 Å². The van der Waals surface area contributed by atoms with Crippen LogP contribution in [0.4, 0.5) is 0 Å². The van der Waals surface area contributed by atoms with Crippen molar-refractivity contribution in [2.75, 3.05) is 14.1 Å². The van der Waals surface area contributed by atoms with Crippen LogP contribution in [-0.4, -0.2) is 37.7 Å². The molecule has 0 radical (unpaired) electrons. The average Bonchev–Trinajstić information content (AvgIpc) is 2.65. The first-order chi connectivity index (χ1) is 13.2. The third kappa shape index (κ3) is 3.90. The highest BCUT2D eigenvalue weighted by Crippen LogP contribution is 2.21. The summed E-state index contributed by atoms with van der Waals surface area (Å²) in [5, 5.41) is 3.63. The first kappa shape index (κ1) is 20.0. The van der Waals surface area contributed by atoms with Crippen molar-refractivity contribution in [2.24, 2.45) is 0 Å². The van der Waals surface area contributed by atoms with Gasteiger partial charge in [-0.15, -0.1) is 0 Å². The van der Waals surface area contributed by atoms with Gasteiger partial charge < -0.3 is 5.32 Å². The number of aromatic nitrogens is 1. The summed E-state index contributed by atoms with van der Waals surface area (Å²) >= 11 is 0. The highest BCUT2D eigenvalue weighted by Gasteiger charge is 2.21. The first-order valence-electron chi connectivity index (χ1n) is 8.87. The van der Waals surface area contributed by atoms with E-state index in [9.17, 15) is 13.2 Å². The molecule has 2 aromatic carbocycles. The number of fused-ring (bicyclic) bond motifs is 1. The molecule has 0 aliphatic carbocycles. The Morgan fingerprint density at radius 1 is 1.07 bits per heavy atom. The van der Waals surface area contributed by atoms with Crippen molar-refractivity contribution in [1.29, 1.82) is 0 Å². The molecule has 1 N–H and O–H groups in total. The van der Waals surface area contributed by atoms with Gasteiger partial charge in [0.15, 0.2) is 0 Å². The van der Waals surface area contributed by atoms with E-state index >= 15 is 0 Å². The van der Waals surface area contributed by atoms with Crippen LogP contribution >= 0.6 is 0 Å². The molecule has 0 aliphatic rings. The standard InChI is InChI=1S/C21H23N3O3S/c1-14-9-10-19-17(11-14)18(12-15(2)23-19)21(25)22-13-16-7-5-6-8-20(16)28(26,27)24(3)4/h5-12H,13H2,1-4H3,(H,22,25). The summed E-state index contributed by atoms with van der Waals surface area (Å²) in [6.45, 7) is 3.91. The van der Waals surface area contributed by atoms with E-state index in [1.54, 1.807) is 30.3 Å². The van der Waals surface area contributed by atoms with Gasteiger partial charge in [0.05, 0.1) is 16.0 Å². The highest BCUT2D eigenvalue weighted by molar-refractivity contribution is 7.89. The fourth-order valence-corrected chi connectivity index (χ4v) is 4.14. The van der Waals surface area contributed by atoms with Gasteiger partial charge in [0.1, 0.15) is 0 Å². The number of hydrogen-bond acceptors (Lipinski definition) is 4. The van der Waals surface area contributed by atoms with Gasteiger partial charge in [0.2, 0.25) is 10.0 Å². The van der Waals surface area contributed by atoms with Crippen molar-refractivity contribution >= 4 is 26.8 Å². The number of sulfonamides is 1. The SMILES string of the molecule is Cc1ccc2nc(C)cc(C(=O)NCc3ccccc3S(=O)(=O)N(C)C)c2c1. The zero-order valence-corrected chi connectivity index (χ0v) is 17.2. The van der Waals surface area contributed by atoms with Gasteiger partial charge in [-0.05, 0) is 43.7 Å². The molecule has 0 saturated carbocycles. The Balaban J connectivity index is 1.93. The Morgan fingerprint density at radius 3 is 2.50 bits per heavy atom. The maximum Gasteiger partial charge on any atom is 0.252 e. The molecule has 1 aromatic heterocycles. The fourth-order valence-electron chi connectivity index (χ4n) is 3.03. The lowest BCUT2D eigenvalue weighted by molar-refractivity contribution is 0.0952. The monoisotopic (exact) mass is 397 g/mol. The van der Waals surface area contributed by atoms with E-state index in [-0.39, 0.29) is 17.3 Å². The molecule has 0 bridgehead atoms. The predicted octanol–water partition coefficient (Wildman–Crippen LogP) is 3.03. The molecule has 3 aromatic rings. The van der Waals surface area contributed by atoms with E-state index in [4.69, 9.17) is 0 Å².